The highest BCUT2D eigenvalue weighted by Gasteiger charge is 2.20. The highest BCUT2D eigenvalue weighted by molar-refractivity contribution is 7.15. The second kappa shape index (κ2) is 9.03. The number of hydrogen-bond acceptors (Lipinski definition) is 7. The van der Waals surface area contributed by atoms with Crippen LogP contribution in [0.25, 0.3) is 33.0 Å². The van der Waals surface area contributed by atoms with Gasteiger partial charge >= 0.3 is 0 Å². The summed E-state index contributed by atoms with van der Waals surface area (Å²) in [4.78, 5) is 14.1. The number of aromatic hydroxyl groups is 1. The van der Waals surface area contributed by atoms with Gasteiger partial charge in [-0.3, -0.25) is 4.68 Å². The van der Waals surface area contributed by atoms with E-state index >= 15 is 0 Å². The Kier molecular flexibility index (Phi) is 5.89. The molecule has 3 aromatic heterocycles. The molecule has 0 fully saturated rings. The van der Waals surface area contributed by atoms with Crippen LogP contribution in [0, 0.1) is 25.5 Å². The molecule has 0 unspecified atom stereocenters. The van der Waals surface area contributed by atoms with E-state index in [0.29, 0.717) is 28.9 Å². The minimum Gasteiger partial charge on any atom is -0.494 e. The summed E-state index contributed by atoms with van der Waals surface area (Å²) in [5, 5.41) is 16.5. The third-order valence-electron chi connectivity index (χ3n) is 5.45. The topological polar surface area (TPSA) is 86.0 Å². The largest absolute Gasteiger partial charge is 0.494 e. The van der Waals surface area contributed by atoms with Crippen LogP contribution in [-0.2, 0) is 6.54 Å². The van der Waals surface area contributed by atoms with Crippen molar-refractivity contribution in [2.45, 2.75) is 27.3 Å². The van der Waals surface area contributed by atoms with Crippen LogP contribution in [0.1, 0.15) is 23.2 Å². The maximum absolute atomic E-state index is 14.8. The first-order chi connectivity index (χ1) is 16.8. The molecule has 0 spiro atoms. The van der Waals surface area contributed by atoms with Gasteiger partial charge in [0.2, 0.25) is 5.88 Å². The molecule has 0 bridgehead atoms. The molecule has 0 aliphatic heterocycles. The van der Waals surface area contributed by atoms with Gasteiger partial charge in [-0.25, -0.2) is 18.7 Å². The number of aryl methyl sites for hydroxylation is 2. The third kappa shape index (κ3) is 4.32. The Labute approximate surface area is 203 Å². The lowest BCUT2D eigenvalue weighted by Crippen LogP contribution is -2.07. The zero-order chi connectivity index (χ0) is 24.7. The van der Waals surface area contributed by atoms with Crippen molar-refractivity contribution in [3.05, 3.63) is 70.4 Å². The van der Waals surface area contributed by atoms with Crippen LogP contribution in [0.4, 0.5) is 8.78 Å². The molecule has 0 aliphatic rings. The van der Waals surface area contributed by atoms with Crippen LogP contribution >= 0.6 is 11.3 Å². The Morgan fingerprint density at radius 2 is 1.77 bits per heavy atom. The van der Waals surface area contributed by atoms with Crippen molar-refractivity contribution in [2.24, 2.45) is 0 Å². The van der Waals surface area contributed by atoms with E-state index in [0.717, 1.165) is 15.6 Å². The van der Waals surface area contributed by atoms with E-state index in [-0.39, 0.29) is 29.6 Å². The van der Waals surface area contributed by atoms with Crippen molar-refractivity contribution >= 4 is 22.2 Å². The summed E-state index contributed by atoms with van der Waals surface area (Å²) in [5.74, 6) is -1.32. The van der Waals surface area contributed by atoms with Crippen molar-refractivity contribution < 1.29 is 18.6 Å². The number of ether oxygens (including phenoxy) is 1. The summed E-state index contributed by atoms with van der Waals surface area (Å²) < 4.78 is 36.2. The van der Waals surface area contributed by atoms with Gasteiger partial charge in [0.05, 0.1) is 39.9 Å². The van der Waals surface area contributed by atoms with Gasteiger partial charge in [-0.2, -0.15) is 10.1 Å². The van der Waals surface area contributed by atoms with Crippen molar-refractivity contribution in [3.63, 3.8) is 0 Å². The number of aromatic nitrogens is 5. The van der Waals surface area contributed by atoms with E-state index in [1.807, 2.05) is 32.0 Å². The van der Waals surface area contributed by atoms with Crippen LogP contribution in [0.15, 0.2) is 42.5 Å². The molecule has 0 saturated heterocycles. The summed E-state index contributed by atoms with van der Waals surface area (Å²) in [6, 6.07) is 11.1. The predicted octanol–water partition coefficient (Wildman–Crippen LogP) is 5.66. The molecule has 7 nitrogen and oxygen atoms in total. The van der Waals surface area contributed by atoms with Crippen LogP contribution in [0.5, 0.6) is 11.6 Å². The number of thiazole rings is 1. The fraction of sp³-hybridized carbons (Fsp3) is 0.200. The fourth-order valence-electron chi connectivity index (χ4n) is 3.97. The van der Waals surface area contributed by atoms with E-state index in [9.17, 15) is 13.9 Å². The summed E-state index contributed by atoms with van der Waals surface area (Å²) in [5.41, 5.74) is 2.23. The summed E-state index contributed by atoms with van der Waals surface area (Å²) >= 11 is 1.47. The second-order valence-electron chi connectivity index (χ2n) is 7.90. The van der Waals surface area contributed by atoms with Gasteiger partial charge in [-0.1, -0.05) is 18.2 Å². The normalized spacial score (nSPS) is 11.3. The van der Waals surface area contributed by atoms with E-state index < -0.39 is 11.6 Å². The van der Waals surface area contributed by atoms with Gasteiger partial charge < -0.3 is 9.84 Å². The number of nitrogens with zero attached hydrogens (tertiary/aromatic N) is 5. The Balaban J connectivity index is 1.62. The van der Waals surface area contributed by atoms with Crippen LogP contribution in [-0.4, -0.2) is 36.4 Å². The Bertz CT molecular complexity index is 1540. The zero-order valence-corrected chi connectivity index (χ0v) is 20.0. The molecule has 35 heavy (non-hydrogen) atoms. The van der Waals surface area contributed by atoms with E-state index in [2.05, 4.69) is 20.1 Å². The number of para-hydroxylation sites is 1. The lowest BCUT2D eigenvalue weighted by molar-refractivity contribution is 0.335. The number of fused-ring (bicyclic) bond motifs is 1. The zero-order valence-electron chi connectivity index (χ0n) is 19.2. The van der Waals surface area contributed by atoms with Gasteiger partial charge in [0.15, 0.2) is 5.82 Å². The first-order valence-corrected chi connectivity index (χ1v) is 11.7. The molecule has 0 amide bonds. The summed E-state index contributed by atoms with van der Waals surface area (Å²) in [6.07, 6.45) is 0. The maximum Gasteiger partial charge on any atom is 0.215 e. The second-order valence-corrected chi connectivity index (χ2v) is 9.11. The van der Waals surface area contributed by atoms with Crippen LogP contribution < -0.4 is 4.74 Å². The van der Waals surface area contributed by atoms with Gasteiger partial charge in [0, 0.05) is 29.1 Å². The summed E-state index contributed by atoms with van der Waals surface area (Å²) in [6.45, 7) is 5.67. The average molecular weight is 494 g/mol. The summed E-state index contributed by atoms with van der Waals surface area (Å²) in [7, 11) is 0. The lowest BCUT2D eigenvalue weighted by atomic mass is 10.1. The van der Waals surface area contributed by atoms with Crippen molar-refractivity contribution in [1.29, 1.82) is 0 Å². The van der Waals surface area contributed by atoms with E-state index in [1.165, 1.54) is 34.2 Å². The first kappa shape index (κ1) is 22.9. The van der Waals surface area contributed by atoms with Crippen molar-refractivity contribution in [1.82, 2.24) is 24.7 Å². The van der Waals surface area contributed by atoms with Gasteiger partial charge in [0.1, 0.15) is 23.1 Å². The molecular weight excluding hydrogens is 472 g/mol. The number of benzene rings is 2. The van der Waals surface area contributed by atoms with Gasteiger partial charge in [-0.05, 0) is 26.8 Å². The molecule has 178 valence electrons. The highest BCUT2D eigenvalue weighted by atomic mass is 32.1. The average Bonchev–Trinajstić information content (AvgIpc) is 3.35. The molecule has 10 heteroatoms. The highest BCUT2D eigenvalue weighted by Crippen LogP contribution is 2.33. The molecule has 2 aromatic carbocycles. The van der Waals surface area contributed by atoms with Crippen molar-refractivity contribution in [3.8, 4) is 33.7 Å². The van der Waals surface area contributed by atoms with E-state index in [1.54, 1.807) is 13.0 Å². The molecule has 5 aromatic rings. The smallest absolute Gasteiger partial charge is 0.215 e. The van der Waals surface area contributed by atoms with Crippen LogP contribution in [0.2, 0.25) is 0 Å². The van der Waals surface area contributed by atoms with Gasteiger partial charge in [-0.15, -0.1) is 11.3 Å². The molecule has 3 heterocycles. The SMILES string of the molecule is CCOc1cc(F)c(Cn2nc(-c3nc(O)cc(-c4sc(C)nc4C)n3)c3ccccc32)c(F)c1. The van der Waals surface area contributed by atoms with Gasteiger partial charge in [0.25, 0.3) is 0 Å². The quantitative estimate of drug-likeness (QED) is 0.328. The Morgan fingerprint density at radius 3 is 2.46 bits per heavy atom. The molecular formula is C25H21F2N5O2S. The molecule has 0 atom stereocenters. The number of halogens is 2. The Hall–Kier alpha value is -3.92. The van der Waals surface area contributed by atoms with Crippen molar-refractivity contribution in [2.75, 3.05) is 6.61 Å². The third-order valence-corrected chi connectivity index (χ3v) is 6.55. The predicted molar refractivity (Wildman–Crippen MR) is 130 cm³/mol. The molecule has 0 radical (unpaired) electrons. The first-order valence-electron chi connectivity index (χ1n) is 10.9. The molecule has 0 saturated carbocycles. The minimum atomic E-state index is -0.721. The number of hydrogen-bond donors (Lipinski definition) is 1. The maximum atomic E-state index is 14.8. The lowest BCUT2D eigenvalue weighted by Gasteiger charge is -2.09. The Morgan fingerprint density at radius 1 is 1.03 bits per heavy atom. The molecule has 5 rings (SSSR count). The van der Waals surface area contributed by atoms with E-state index in [4.69, 9.17) is 4.74 Å². The van der Waals surface area contributed by atoms with Crippen LogP contribution in [0.3, 0.4) is 0 Å². The number of rotatable bonds is 6. The molecule has 1 N–H and O–H groups in total. The monoisotopic (exact) mass is 493 g/mol. The fourth-order valence-corrected chi connectivity index (χ4v) is 4.85. The molecule has 0 aliphatic carbocycles. The standard InChI is InChI=1S/C25H21F2N5O2S/c1-4-34-15-9-18(26)17(19(27)10-15)12-32-21-8-6-5-7-16(21)23(31-32)25-29-20(11-22(33)30-25)24-13(2)28-14(3)35-24/h5-11H,4,12H2,1-3H3,(H,29,30,33). The minimum absolute atomic E-state index is 0.131.